The standard InChI is InChI=1S/C16H22N2OS2/c1-11(15(19)18-16(2,3)4)17-9-13-8-12(10-21-13)14-6-5-7-20-14/h5-8,10-11,17H,9H2,1-4H3,(H,18,19). The average Bonchev–Trinajstić information content (AvgIpc) is 3.04. The third kappa shape index (κ3) is 4.95. The van der Waals surface area contributed by atoms with E-state index in [9.17, 15) is 4.79 Å². The van der Waals surface area contributed by atoms with Crippen molar-refractivity contribution in [1.82, 2.24) is 10.6 Å². The second-order valence-electron chi connectivity index (χ2n) is 6.12. The number of carbonyl (C=O) groups excluding carboxylic acids is 1. The van der Waals surface area contributed by atoms with Crippen LogP contribution in [0.25, 0.3) is 10.4 Å². The average molecular weight is 322 g/mol. The van der Waals surface area contributed by atoms with E-state index in [1.54, 1.807) is 22.7 Å². The van der Waals surface area contributed by atoms with Crippen molar-refractivity contribution in [1.29, 1.82) is 0 Å². The van der Waals surface area contributed by atoms with Gasteiger partial charge in [0.2, 0.25) is 5.91 Å². The zero-order valence-corrected chi connectivity index (χ0v) is 14.5. The quantitative estimate of drug-likeness (QED) is 0.877. The molecule has 2 heterocycles. The Morgan fingerprint density at radius 2 is 2.10 bits per heavy atom. The summed E-state index contributed by atoms with van der Waals surface area (Å²) in [5, 5.41) is 10.5. The van der Waals surface area contributed by atoms with Crippen LogP contribution in [0.4, 0.5) is 0 Å². The molecular formula is C16H22N2OS2. The first-order valence-corrected chi connectivity index (χ1v) is 8.78. The molecule has 3 nitrogen and oxygen atoms in total. The molecule has 0 fully saturated rings. The third-order valence-corrected chi connectivity index (χ3v) is 4.79. The molecule has 0 bridgehead atoms. The fourth-order valence-electron chi connectivity index (χ4n) is 1.87. The van der Waals surface area contributed by atoms with Gasteiger partial charge in [0.25, 0.3) is 0 Å². The summed E-state index contributed by atoms with van der Waals surface area (Å²) < 4.78 is 0. The first kappa shape index (κ1) is 16.2. The lowest BCUT2D eigenvalue weighted by Crippen LogP contribution is -2.49. The van der Waals surface area contributed by atoms with Crippen molar-refractivity contribution in [3.8, 4) is 10.4 Å². The van der Waals surface area contributed by atoms with Crippen LogP contribution in [0.2, 0.25) is 0 Å². The fourth-order valence-corrected chi connectivity index (χ4v) is 3.49. The largest absolute Gasteiger partial charge is 0.350 e. The Hall–Kier alpha value is -1.17. The summed E-state index contributed by atoms with van der Waals surface area (Å²) in [6, 6.07) is 6.19. The normalized spacial score (nSPS) is 13.1. The molecule has 114 valence electrons. The summed E-state index contributed by atoms with van der Waals surface area (Å²) in [6.45, 7) is 8.59. The van der Waals surface area contributed by atoms with E-state index < -0.39 is 0 Å². The highest BCUT2D eigenvalue weighted by Gasteiger charge is 2.18. The molecule has 0 saturated heterocycles. The minimum atomic E-state index is -0.198. The summed E-state index contributed by atoms with van der Waals surface area (Å²) in [7, 11) is 0. The molecule has 0 spiro atoms. The van der Waals surface area contributed by atoms with Gasteiger partial charge in [0.1, 0.15) is 0 Å². The van der Waals surface area contributed by atoms with Gasteiger partial charge >= 0.3 is 0 Å². The molecule has 2 aromatic heterocycles. The highest BCUT2D eigenvalue weighted by Crippen LogP contribution is 2.29. The van der Waals surface area contributed by atoms with Gasteiger partial charge in [-0.15, -0.1) is 22.7 Å². The molecule has 2 aromatic rings. The van der Waals surface area contributed by atoms with Crippen molar-refractivity contribution < 1.29 is 4.79 Å². The minimum Gasteiger partial charge on any atom is -0.350 e. The second kappa shape index (κ2) is 6.73. The lowest BCUT2D eigenvalue weighted by molar-refractivity contribution is -0.124. The van der Waals surface area contributed by atoms with Gasteiger partial charge in [-0.2, -0.15) is 0 Å². The Kier molecular flexibility index (Phi) is 5.19. The van der Waals surface area contributed by atoms with Crippen LogP contribution < -0.4 is 10.6 Å². The SMILES string of the molecule is CC(NCc1cc(-c2cccs2)cs1)C(=O)NC(C)(C)C. The van der Waals surface area contributed by atoms with Gasteiger partial charge in [-0.05, 0) is 50.6 Å². The summed E-state index contributed by atoms with van der Waals surface area (Å²) in [5.74, 6) is 0.0394. The molecule has 0 aliphatic heterocycles. The van der Waals surface area contributed by atoms with Crippen LogP contribution in [0.5, 0.6) is 0 Å². The van der Waals surface area contributed by atoms with Crippen molar-refractivity contribution in [2.24, 2.45) is 0 Å². The van der Waals surface area contributed by atoms with Crippen LogP contribution >= 0.6 is 22.7 Å². The molecule has 1 atom stereocenters. The highest BCUT2D eigenvalue weighted by atomic mass is 32.1. The van der Waals surface area contributed by atoms with Gasteiger partial charge in [0.05, 0.1) is 6.04 Å². The summed E-state index contributed by atoms with van der Waals surface area (Å²) in [6.07, 6.45) is 0. The van der Waals surface area contributed by atoms with Crippen LogP contribution in [-0.2, 0) is 11.3 Å². The molecule has 0 aliphatic carbocycles. The molecule has 0 aromatic carbocycles. The highest BCUT2D eigenvalue weighted by molar-refractivity contribution is 7.14. The first-order chi connectivity index (χ1) is 9.85. The Balaban J connectivity index is 1.87. The predicted octanol–water partition coefficient (Wildman–Crippen LogP) is 3.87. The zero-order valence-electron chi connectivity index (χ0n) is 12.9. The lowest BCUT2D eigenvalue weighted by Gasteiger charge is -2.23. The predicted molar refractivity (Wildman–Crippen MR) is 91.8 cm³/mol. The van der Waals surface area contributed by atoms with Crippen LogP contribution in [0.15, 0.2) is 29.0 Å². The van der Waals surface area contributed by atoms with E-state index in [1.807, 2.05) is 27.7 Å². The van der Waals surface area contributed by atoms with E-state index in [0.29, 0.717) is 0 Å². The van der Waals surface area contributed by atoms with Crippen molar-refractivity contribution in [3.05, 3.63) is 33.8 Å². The Morgan fingerprint density at radius 3 is 2.71 bits per heavy atom. The van der Waals surface area contributed by atoms with E-state index >= 15 is 0 Å². The number of hydrogen-bond donors (Lipinski definition) is 2. The Labute approximate surface area is 134 Å². The maximum absolute atomic E-state index is 12.0. The van der Waals surface area contributed by atoms with Crippen molar-refractivity contribution in [3.63, 3.8) is 0 Å². The molecule has 5 heteroatoms. The molecule has 21 heavy (non-hydrogen) atoms. The topological polar surface area (TPSA) is 41.1 Å². The summed E-state index contributed by atoms with van der Waals surface area (Å²) in [4.78, 5) is 14.5. The number of hydrogen-bond acceptors (Lipinski definition) is 4. The van der Waals surface area contributed by atoms with Gasteiger partial charge in [-0.25, -0.2) is 0 Å². The van der Waals surface area contributed by atoms with Gasteiger partial charge in [0, 0.05) is 27.4 Å². The summed E-state index contributed by atoms with van der Waals surface area (Å²) >= 11 is 3.47. The smallest absolute Gasteiger partial charge is 0.237 e. The minimum absolute atomic E-state index is 0.0394. The molecule has 0 saturated carbocycles. The Bertz CT molecular complexity index is 582. The molecule has 1 amide bonds. The maximum atomic E-state index is 12.0. The maximum Gasteiger partial charge on any atom is 0.237 e. The lowest BCUT2D eigenvalue weighted by atomic mass is 10.1. The van der Waals surface area contributed by atoms with Gasteiger partial charge in [-0.1, -0.05) is 6.07 Å². The second-order valence-corrected chi connectivity index (χ2v) is 8.06. The molecule has 0 aliphatic rings. The van der Waals surface area contributed by atoms with Crippen molar-refractivity contribution in [2.75, 3.05) is 0 Å². The van der Waals surface area contributed by atoms with E-state index in [1.165, 1.54) is 15.3 Å². The van der Waals surface area contributed by atoms with E-state index in [4.69, 9.17) is 0 Å². The number of nitrogens with one attached hydrogen (secondary N) is 2. The third-order valence-electron chi connectivity index (χ3n) is 2.93. The number of thiophene rings is 2. The van der Waals surface area contributed by atoms with Crippen molar-refractivity contribution in [2.45, 2.75) is 45.8 Å². The van der Waals surface area contributed by atoms with E-state index in [0.717, 1.165) is 6.54 Å². The molecule has 2 rings (SSSR count). The monoisotopic (exact) mass is 322 g/mol. The van der Waals surface area contributed by atoms with Crippen LogP contribution in [-0.4, -0.2) is 17.5 Å². The number of carbonyl (C=O) groups is 1. The molecular weight excluding hydrogens is 300 g/mol. The number of rotatable bonds is 5. The Morgan fingerprint density at radius 1 is 1.33 bits per heavy atom. The van der Waals surface area contributed by atoms with Crippen LogP contribution in [0, 0.1) is 0 Å². The summed E-state index contributed by atoms with van der Waals surface area (Å²) in [5.41, 5.74) is 1.07. The van der Waals surface area contributed by atoms with Crippen molar-refractivity contribution >= 4 is 28.6 Å². The van der Waals surface area contributed by atoms with Gasteiger partial charge in [0.15, 0.2) is 0 Å². The fraction of sp³-hybridized carbons (Fsp3) is 0.438. The molecule has 1 unspecified atom stereocenters. The first-order valence-electron chi connectivity index (χ1n) is 7.02. The van der Waals surface area contributed by atoms with Gasteiger partial charge < -0.3 is 10.6 Å². The van der Waals surface area contributed by atoms with E-state index in [-0.39, 0.29) is 17.5 Å². The number of amides is 1. The molecule has 0 radical (unpaired) electrons. The van der Waals surface area contributed by atoms with Crippen LogP contribution in [0.3, 0.4) is 0 Å². The molecule has 2 N–H and O–H groups in total. The zero-order chi connectivity index (χ0) is 15.5. The van der Waals surface area contributed by atoms with Gasteiger partial charge in [-0.3, -0.25) is 4.79 Å². The van der Waals surface area contributed by atoms with Crippen LogP contribution in [0.1, 0.15) is 32.6 Å². The van der Waals surface area contributed by atoms with E-state index in [2.05, 4.69) is 39.6 Å².